The molecule has 1 amide bonds. The molecule has 0 saturated carbocycles. The lowest BCUT2D eigenvalue weighted by Gasteiger charge is -2.28. The lowest BCUT2D eigenvalue weighted by atomic mass is 9.97. The van der Waals surface area contributed by atoms with Crippen LogP contribution in [0.3, 0.4) is 0 Å². The highest BCUT2D eigenvalue weighted by atomic mass is 16.6. The van der Waals surface area contributed by atoms with Crippen LogP contribution in [0.15, 0.2) is 18.2 Å². The van der Waals surface area contributed by atoms with Gasteiger partial charge in [0.05, 0.1) is 5.56 Å². The van der Waals surface area contributed by atoms with Crippen LogP contribution in [0.2, 0.25) is 0 Å². The van der Waals surface area contributed by atoms with Crippen LogP contribution in [-0.2, 0) is 0 Å². The van der Waals surface area contributed by atoms with E-state index in [0.29, 0.717) is 36.2 Å². The molecule has 0 spiro atoms. The number of rotatable bonds is 3. The Morgan fingerprint density at radius 1 is 1.29 bits per heavy atom. The van der Waals surface area contributed by atoms with Gasteiger partial charge in [-0.25, -0.2) is 0 Å². The summed E-state index contributed by atoms with van der Waals surface area (Å²) in [6.07, 6.45) is 2.26. The topological polar surface area (TPSA) is 50.8 Å². The Balaban J connectivity index is 1.72. The zero-order valence-electron chi connectivity index (χ0n) is 12.4. The van der Waals surface area contributed by atoms with Gasteiger partial charge in [-0.3, -0.25) is 4.79 Å². The smallest absolute Gasteiger partial charge is 0.257 e. The second kappa shape index (κ2) is 6.35. The number of para-hydroxylation sites is 1. The molecule has 3 rings (SSSR count). The molecular weight excluding hydrogens is 268 g/mol. The number of nitrogens with zero attached hydrogens (tertiary/aromatic N) is 1. The fourth-order valence-corrected chi connectivity index (χ4v) is 2.98. The predicted octanol–water partition coefficient (Wildman–Crippen LogP) is 1.53. The quantitative estimate of drug-likeness (QED) is 0.917. The number of hydrogen-bond donors (Lipinski definition) is 1. The molecule has 5 nitrogen and oxygen atoms in total. The maximum absolute atomic E-state index is 12.7. The van der Waals surface area contributed by atoms with Crippen LogP contribution in [0.4, 0.5) is 0 Å². The van der Waals surface area contributed by atoms with Crippen molar-refractivity contribution in [2.75, 3.05) is 39.9 Å². The molecule has 1 aromatic carbocycles. The molecule has 0 atom stereocenters. The molecule has 0 unspecified atom stereocenters. The Morgan fingerprint density at radius 2 is 2.05 bits per heavy atom. The van der Waals surface area contributed by atoms with Crippen LogP contribution >= 0.6 is 0 Å². The van der Waals surface area contributed by atoms with Crippen molar-refractivity contribution in [1.82, 2.24) is 10.2 Å². The first kappa shape index (κ1) is 14.2. The van der Waals surface area contributed by atoms with Crippen molar-refractivity contribution in [3.05, 3.63) is 23.8 Å². The van der Waals surface area contributed by atoms with Gasteiger partial charge in [-0.2, -0.15) is 0 Å². The van der Waals surface area contributed by atoms with Gasteiger partial charge in [0.15, 0.2) is 11.5 Å². The number of carbonyl (C=O) groups is 1. The first-order valence-electron chi connectivity index (χ1n) is 7.60. The van der Waals surface area contributed by atoms with Crippen molar-refractivity contribution in [1.29, 1.82) is 0 Å². The van der Waals surface area contributed by atoms with E-state index in [0.717, 1.165) is 32.5 Å². The lowest BCUT2D eigenvalue weighted by Crippen LogP contribution is -2.37. The standard InChI is InChI=1S/C16H22N2O3/c1-18(11-12-5-7-17-8-6-12)16(19)13-3-2-4-14-15(13)21-10-9-20-14/h2-4,12,17H,5-11H2,1H3. The highest BCUT2D eigenvalue weighted by Crippen LogP contribution is 2.34. The van der Waals surface area contributed by atoms with Crippen molar-refractivity contribution >= 4 is 5.91 Å². The molecule has 1 N–H and O–H groups in total. The Hall–Kier alpha value is -1.75. The third kappa shape index (κ3) is 3.13. The molecule has 0 aliphatic carbocycles. The van der Waals surface area contributed by atoms with Crippen LogP contribution in [0.5, 0.6) is 11.5 Å². The monoisotopic (exact) mass is 290 g/mol. The third-order valence-electron chi connectivity index (χ3n) is 4.13. The summed E-state index contributed by atoms with van der Waals surface area (Å²) in [6, 6.07) is 5.51. The van der Waals surface area contributed by atoms with Gasteiger partial charge >= 0.3 is 0 Å². The molecule has 0 aromatic heterocycles. The maximum atomic E-state index is 12.7. The molecule has 5 heteroatoms. The van der Waals surface area contributed by atoms with E-state index in [1.165, 1.54) is 0 Å². The number of ether oxygens (including phenoxy) is 2. The number of hydrogen-bond acceptors (Lipinski definition) is 4. The van der Waals surface area contributed by atoms with Crippen molar-refractivity contribution < 1.29 is 14.3 Å². The average Bonchev–Trinajstić information content (AvgIpc) is 2.54. The van der Waals surface area contributed by atoms with Gasteiger partial charge in [-0.15, -0.1) is 0 Å². The summed E-state index contributed by atoms with van der Waals surface area (Å²) >= 11 is 0. The first-order chi connectivity index (χ1) is 10.3. The minimum absolute atomic E-state index is 0.0101. The normalized spacial score (nSPS) is 18.3. The number of fused-ring (bicyclic) bond motifs is 1. The fraction of sp³-hybridized carbons (Fsp3) is 0.562. The molecular formula is C16H22N2O3. The summed E-state index contributed by atoms with van der Waals surface area (Å²) in [7, 11) is 1.87. The van der Waals surface area contributed by atoms with E-state index < -0.39 is 0 Å². The van der Waals surface area contributed by atoms with E-state index in [1.54, 1.807) is 0 Å². The molecule has 114 valence electrons. The molecule has 2 aliphatic rings. The first-order valence-corrected chi connectivity index (χ1v) is 7.60. The fourth-order valence-electron chi connectivity index (χ4n) is 2.98. The number of nitrogens with one attached hydrogen (secondary N) is 1. The van der Waals surface area contributed by atoms with Crippen LogP contribution in [0.25, 0.3) is 0 Å². The van der Waals surface area contributed by atoms with Crippen molar-refractivity contribution in [2.45, 2.75) is 12.8 Å². The summed E-state index contributed by atoms with van der Waals surface area (Å²) in [6.45, 7) is 3.92. The van der Waals surface area contributed by atoms with E-state index in [1.807, 2.05) is 30.1 Å². The molecule has 1 saturated heterocycles. The highest BCUT2D eigenvalue weighted by Gasteiger charge is 2.24. The van der Waals surface area contributed by atoms with Gasteiger partial charge < -0.3 is 19.7 Å². The van der Waals surface area contributed by atoms with E-state index >= 15 is 0 Å². The van der Waals surface area contributed by atoms with Gasteiger partial charge in [-0.1, -0.05) is 6.07 Å². The van der Waals surface area contributed by atoms with Crippen molar-refractivity contribution in [3.63, 3.8) is 0 Å². The highest BCUT2D eigenvalue weighted by molar-refractivity contribution is 5.97. The van der Waals surface area contributed by atoms with E-state index in [4.69, 9.17) is 9.47 Å². The van der Waals surface area contributed by atoms with E-state index in [2.05, 4.69) is 5.32 Å². The predicted molar refractivity (Wildman–Crippen MR) is 80.0 cm³/mol. The molecule has 0 bridgehead atoms. The third-order valence-corrected chi connectivity index (χ3v) is 4.13. The van der Waals surface area contributed by atoms with Crippen LogP contribution in [-0.4, -0.2) is 50.7 Å². The number of carbonyl (C=O) groups excluding carboxylic acids is 1. The Kier molecular flexibility index (Phi) is 4.29. The summed E-state index contributed by atoms with van der Waals surface area (Å²) in [5, 5.41) is 3.35. The van der Waals surface area contributed by atoms with Crippen LogP contribution in [0.1, 0.15) is 23.2 Å². The van der Waals surface area contributed by atoms with Crippen LogP contribution in [0, 0.1) is 5.92 Å². The number of benzene rings is 1. The van der Waals surface area contributed by atoms with E-state index in [-0.39, 0.29) is 5.91 Å². The Bertz CT molecular complexity index is 512. The maximum Gasteiger partial charge on any atom is 0.257 e. The molecule has 0 radical (unpaired) electrons. The SMILES string of the molecule is CN(CC1CCNCC1)C(=O)c1cccc2c1OCCO2. The van der Waals surface area contributed by atoms with E-state index in [9.17, 15) is 4.79 Å². The lowest BCUT2D eigenvalue weighted by molar-refractivity contribution is 0.0752. The minimum Gasteiger partial charge on any atom is -0.486 e. The Morgan fingerprint density at radius 3 is 2.86 bits per heavy atom. The molecule has 1 aromatic rings. The minimum atomic E-state index is 0.0101. The van der Waals surface area contributed by atoms with Crippen molar-refractivity contribution in [3.8, 4) is 11.5 Å². The van der Waals surface area contributed by atoms with Gasteiger partial charge in [0.2, 0.25) is 0 Å². The van der Waals surface area contributed by atoms with Crippen LogP contribution < -0.4 is 14.8 Å². The van der Waals surface area contributed by atoms with Gasteiger partial charge in [0.25, 0.3) is 5.91 Å². The van der Waals surface area contributed by atoms with Gasteiger partial charge in [-0.05, 0) is 44.0 Å². The summed E-state index contributed by atoms with van der Waals surface area (Å²) in [5.41, 5.74) is 0.601. The molecule has 21 heavy (non-hydrogen) atoms. The van der Waals surface area contributed by atoms with Crippen molar-refractivity contribution in [2.24, 2.45) is 5.92 Å². The zero-order chi connectivity index (χ0) is 14.7. The summed E-state index contributed by atoms with van der Waals surface area (Å²) in [5.74, 6) is 1.85. The summed E-state index contributed by atoms with van der Waals surface area (Å²) in [4.78, 5) is 14.5. The second-order valence-corrected chi connectivity index (χ2v) is 5.71. The molecule has 2 heterocycles. The molecule has 2 aliphatic heterocycles. The molecule has 1 fully saturated rings. The average molecular weight is 290 g/mol. The number of piperidine rings is 1. The Labute approximate surface area is 125 Å². The van der Waals surface area contributed by atoms with Gasteiger partial charge in [0.1, 0.15) is 13.2 Å². The largest absolute Gasteiger partial charge is 0.486 e. The second-order valence-electron chi connectivity index (χ2n) is 5.71. The summed E-state index contributed by atoms with van der Waals surface area (Å²) < 4.78 is 11.2. The van der Waals surface area contributed by atoms with Gasteiger partial charge in [0, 0.05) is 13.6 Å². The number of amides is 1. The zero-order valence-corrected chi connectivity index (χ0v) is 12.4.